The van der Waals surface area contributed by atoms with Crippen LogP contribution in [-0.4, -0.2) is 34.0 Å². The standard InChI is InChI=1S/C20H20N2O4/c1-4-19(25)21(3)16-7-5-6-13-10-22(11-15(13)16)20(26)14-8-12(2)17(23)9-18(14)24/h4-9,23-24H,1,10-11H2,2-3H3. The van der Waals surface area contributed by atoms with E-state index in [0.29, 0.717) is 18.7 Å². The van der Waals surface area contributed by atoms with Crippen molar-refractivity contribution in [1.82, 2.24) is 4.90 Å². The van der Waals surface area contributed by atoms with Crippen molar-refractivity contribution in [3.8, 4) is 11.5 Å². The second-order valence-corrected chi connectivity index (χ2v) is 6.33. The number of aromatic hydroxyl groups is 2. The van der Waals surface area contributed by atoms with Gasteiger partial charge in [-0.2, -0.15) is 0 Å². The highest BCUT2D eigenvalue weighted by Crippen LogP contribution is 2.34. The summed E-state index contributed by atoms with van der Waals surface area (Å²) in [7, 11) is 1.67. The van der Waals surface area contributed by atoms with E-state index in [-0.39, 0.29) is 28.9 Å². The molecule has 2 aromatic rings. The molecule has 0 aliphatic carbocycles. The fourth-order valence-electron chi connectivity index (χ4n) is 3.14. The fourth-order valence-corrected chi connectivity index (χ4v) is 3.14. The van der Waals surface area contributed by atoms with Gasteiger partial charge in [-0.25, -0.2) is 0 Å². The minimum atomic E-state index is -0.328. The van der Waals surface area contributed by atoms with Crippen LogP contribution in [-0.2, 0) is 17.9 Å². The second-order valence-electron chi connectivity index (χ2n) is 6.33. The normalized spacial score (nSPS) is 12.6. The van der Waals surface area contributed by atoms with E-state index < -0.39 is 0 Å². The summed E-state index contributed by atoms with van der Waals surface area (Å²) in [5.41, 5.74) is 3.24. The number of nitrogens with zero attached hydrogens (tertiary/aromatic N) is 2. The van der Waals surface area contributed by atoms with E-state index in [2.05, 4.69) is 6.58 Å². The molecule has 1 aliphatic rings. The molecule has 0 atom stereocenters. The zero-order valence-electron chi connectivity index (χ0n) is 14.7. The van der Waals surface area contributed by atoms with Crippen LogP contribution in [0, 0.1) is 6.92 Å². The van der Waals surface area contributed by atoms with E-state index in [0.717, 1.165) is 16.8 Å². The summed E-state index contributed by atoms with van der Waals surface area (Å²) in [6, 6.07) is 8.24. The first-order valence-electron chi connectivity index (χ1n) is 8.16. The summed E-state index contributed by atoms with van der Waals surface area (Å²) < 4.78 is 0. The molecule has 2 amide bonds. The Labute approximate surface area is 151 Å². The smallest absolute Gasteiger partial charge is 0.258 e. The van der Waals surface area contributed by atoms with Crippen molar-refractivity contribution < 1.29 is 19.8 Å². The van der Waals surface area contributed by atoms with Crippen LogP contribution in [0.2, 0.25) is 0 Å². The lowest BCUT2D eigenvalue weighted by Gasteiger charge is -2.20. The molecule has 0 saturated heterocycles. The summed E-state index contributed by atoms with van der Waals surface area (Å²) >= 11 is 0. The third-order valence-corrected chi connectivity index (χ3v) is 4.66. The first-order valence-corrected chi connectivity index (χ1v) is 8.16. The number of hydrogen-bond donors (Lipinski definition) is 2. The Morgan fingerprint density at radius 2 is 1.92 bits per heavy atom. The predicted octanol–water partition coefficient (Wildman–Crippen LogP) is 2.71. The summed E-state index contributed by atoms with van der Waals surface area (Å²) in [5, 5.41) is 19.7. The number of carbonyl (C=O) groups is 2. The molecule has 0 saturated carbocycles. The first-order chi connectivity index (χ1) is 12.3. The van der Waals surface area contributed by atoms with Crippen LogP contribution >= 0.6 is 0 Å². The molecule has 0 bridgehead atoms. The van der Waals surface area contributed by atoms with Gasteiger partial charge < -0.3 is 20.0 Å². The van der Waals surface area contributed by atoms with Crippen molar-refractivity contribution in [2.75, 3.05) is 11.9 Å². The molecule has 2 aromatic carbocycles. The molecule has 0 unspecified atom stereocenters. The van der Waals surface area contributed by atoms with E-state index in [1.54, 1.807) is 18.9 Å². The van der Waals surface area contributed by atoms with Gasteiger partial charge in [0.05, 0.1) is 5.56 Å². The van der Waals surface area contributed by atoms with Crippen molar-refractivity contribution in [1.29, 1.82) is 0 Å². The molecular weight excluding hydrogens is 332 g/mol. The van der Waals surface area contributed by atoms with Gasteiger partial charge in [-0.05, 0) is 36.3 Å². The van der Waals surface area contributed by atoms with E-state index in [4.69, 9.17) is 0 Å². The van der Waals surface area contributed by atoms with Gasteiger partial charge in [-0.15, -0.1) is 0 Å². The number of fused-ring (bicyclic) bond motifs is 1. The molecule has 134 valence electrons. The molecule has 0 spiro atoms. The van der Waals surface area contributed by atoms with Crippen LogP contribution in [0.4, 0.5) is 5.69 Å². The number of phenols is 2. The van der Waals surface area contributed by atoms with Crippen LogP contribution < -0.4 is 4.90 Å². The Kier molecular flexibility index (Phi) is 4.42. The number of anilines is 1. The Balaban J connectivity index is 1.92. The van der Waals surface area contributed by atoms with E-state index >= 15 is 0 Å². The molecule has 1 heterocycles. The monoisotopic (exact) mass is 352 g/mol. The number of phenolic OH excluding ortho intramolecular Hbond substituents is 2. The van der Waals surface area contributed by atoms with Gasteiger partial charge in [0.1, 0.15) is 11.5 Å². The maximum Gasteiger partial charge on any atom is 0.258 e. The van der Waals surface area contributed by atoms with E-state index in [1.165, 1.54) is 23.1 Å². The van der Waals surface area contributed by atoms with Gasteiger partial charge in [-0.1, -0.05) is 18.7 Å². The summed E-state index contributed by atoms with van der Waals surface area (Å²) in [6.45, 7) is 5.89. The average molecular weight is 352 g/mol. The highest BCUT2D eigenvalue weighted by molar-refractivity contribution is 6.02. The van der Waals surface area contributed by atoms with Crippen molar-refractivity contribution in [3.63, 3.8) is 0 Å². The van der Waals surface area contributed by atoms with E-state index in [9.17, 15) is 19.8 Å². The zero-order valence-corrected chi connectivity index (χ0v) is 14.7. The summed E-state index contributed by atoms with van der Waals surface area (Å²) in [5.74, 6) is -0.871. The van der Waals surface area contributed by atoms with Crippen LogP contribution in [0.3, 0.4) is 0 Å². The molecule has 0 radical (unpaired) electrons. The Hall–Kier alpha value is -3.28. The number of amides is 2. The molecule has 0 aromatic heterocycles. The zero-order chi connectivity index (χ0) is 19.0. The van der Waals surface area contributed by atoms with Gasteiger partial charge in [0.15, 0.2) is 0 Å². The van der Waals surface area contributed by atoms with Crippen molar-refractivity contribution in [2.24, 2.45) is 0 Å². The highest BCUT2D eigenvalue weighted by Gasteiger charge is 2.29. The van der Waals surface area contributed by atoms with Crippen molar-refractivity contribution >= 4 is 17.5 Å². The van der Waals surface area contributed by atoms with Crippen LogP contribution in [0.15, 0.2) is 43.0 Å². The highest BCUT2D eigenvalue weighted by atomic mass is 16.3. The van der Waals surface area contributed by atoms with Gasteiger partial charge in [-0.3, -0.25) is 9.59 Å². The second kappa shape index (κ2) is 6.55. The van der Waals surface area contributed by atoms with Crippen LogP contribution in [0.5, 0.6) is 11.5 Å². The number of hydrogen-bond acceptors (Lipinski definition) is 4. The molecule has 6 heteroatoms. The Bertz CT molecular complexity index is 920. The average Bonchev–Trinajstić information content (AvgIpc) is 3.07. The van der Waals surface area contributed by atoms with Crippen LogP contribution in [0.25, 0.3) is 0 Å². The maximum absolute atomic E-state index is 12.9. The lowest BCUT2D eigenvalue weighted by atomic mass is 10.1. The van der Waals surface area contributed by atoms with Crippen LogP contribution in [0.1, 0.15) is 27.0 Å². The molecule has 26 heavy (non-hydrogen) atoms. The van der Waals surface area contributed by atoms with Crippen molar-refractivity contribution in [2.45, 2.75) is 20.0 Å². The summed E-state index contributed by atoms with van der Waals surface area (Å²) in [4.78, 5) is 27.9. The number of aryl methyl sites for hydroxylation is 1. The molecular formula is C20H20N2O4. The number of carbonyl (C=O) groups excluding carboxylic acids is 2. The topological polar surface area (TPSA) is 81.1 Å². The third-order valence-electron chi connectivity index (χ3n) is 4.66. The summed E-state index contributed by atoms with van der Waals surface area (Å²) in [6.07, 6.45) is 1.24. The van der Waals surface area contributed by atoms with Gasteiger partial charge in [0.25, 0.3) is 5.91 Å². The minimum absolute atomic E-state index is 0.0596. The molecule has 0 fully saturated rings. The molecule has 3 rings (SSSR count). The first kappa shape index (κ1) is 17.5. The minimum Gasteiger partial charge on any atom is -0.508 e. The lowest BCUT2D eigenvalue weighted by molar-refractivity contribution is -0.113. The Morgan fingerprint density at radius 1 is 1.19 bits per heavy atom. The SMILES string of the molecule is C=CC(=O)N(C)c1cccc2c1CN(C(=O)c1cc(C)c(O)cc1O)C2. The molecule has 1 aliphatic heterocycles. The predicted molar refractivity (Wildman–Crippen MR) is 98.1 cm³/mol. The maximum atomic E-state index is 12.9. The largest absolute Gasteiger partial charge is 0.508 e. The fraction of sp³-hybridized carbons (Fsp3) is 0.200. The quantitative estimate of drug-likeness (QED) is 0.832. The molecule has 6 nitrogen and oxygen atoms in total. The van der Waals surface area contributed by atoms with E-state index in [1.807, 2.05) is 18.2 Å². The van der Waals surface area contributed by atoms with Crippen molar-refractivity contribution in [3.05, 3.63) is 65.2 Å². The number of benzene rings is 2. The Morgan fingerprint density at radius 3 is 2.62 bits per heavy atom. The van der Waals surface area contributed by atoms with Gasteiger partial charge in [0, 0.05) is 37.5 Å². The lowest BCUT2D eigenvalue weighted by Crippen LogP contribution is -2.27. The number of rotatable bonds is 3. The number of likely N-dealkylation sites (N-methyl/N-ethyl adjacent to an activating group) is 1. The van der Waals surface area contributed by atoms with Gasteiger partial charge in [0.2, 0.25) is 5.91 Å². The third kappa shape index (κ3) is 2.90. The van der Waals surface area contributed by atoms with Gasteiger partial charge >= 0.3 is 0 Å². The molecule has 2 N–H and O–H groups in total.